The Labute approximate surface area is 137 Å². The Bertz CT molecular complexity index is 687. The number of rotatable bonds is 7. The highest BCUT2D eigenvalue weighted by atomic mass is 127. The molecule has 0 fully saturated rings. The van der Waals surface area contributed by atoms with Gasteiger partial charge >= 0.3 is 0 Å². The van der Waals surface area contributed by atoms with Crippen LogP contribution in [0.25, 0.3) is 0 Å². The summed E-state index contributed by atoms with van der Waals surface area (Å²) in [5, 5.41) is 0. The molecule has 0 aliphatic heterocycles. The Morgan fingerprint density at radius 2 is 2.24 bits per heavy atom. The van der Waals surface area contributed by atoms with E-state index in [4.69, 9.17) is 4.74 Å². The Hall–Kier alpha value is -1.13. The third kappa shape index (κ3) is 4.42. The van der Waals surface area contributed by atoms with Gasteiger partial charge in [-0.05, 0) is 47.2 Å². The summed E-state index contributed by atoms with van der Waals surface area (Å²) < 4.78 is 34.7. The number of benzene rings is 1. The van der Waals surface area contributed by atoms with Gasteiger partial charge in [0, 0.05) is 25.5 Å². The number of hydrogen-bond acceptors (Lipinski definition) is 4. The Balaban J connectivity index is 1.93. The number of methoxy groups -OCH3 is 1. The predicted molar refractivity (Wildman–Crippen MR) is 87.7 cm³/mol. The second kappa shape index (κ2) is 7.23. The molecule has 0 spiro atoms. The molecule has 0 aliphatic carbocycles. The fourth-order valence-electron chi connectivity index (χ4n) is 1.78. The lowest BCUT2D eigenvalue weighted by molar-refractivity contribution is 0.411. The van der Waals surface area contributed by atoms with Gasteiger partial charge in [0.1, 0.15) is 5.75 Å². The van der Waals surface area contributed by atoms with Crippen molar-refractivity contribution in [3.63, 3.8) is 0 Å². The molecule has 6 nitrogen and oxygen atoms in total. The van der Waals surface area contributed by atoms with Crippen molar-refractivity contribution in [1.82, 2.24) is 14.3 Å². The normalized spacial score (nSPS) is 11.5. The molecule has 0 radical (unpaired) electrons. The summed E-state index contributed by atoms with van der Waals surface area (Å²) in [6.07, 6.45) is 5.95. The number of nitrogens with one attached hydrogen (secondary N) is 1. The van der Waals surface area contributed by atoms with Crippen LogP contribution in [0.5, 0.6) is 5.75 Å². The summed E-state index contributed by atoms with van der Waals surface area (Å²) in [4.78, 5) is 4.18. The van der Waals surface area contributed by atoms with Crippen LogP contribution in [-0.2, 0) is 16.6 Å². The lowest BCUT2D eigenvalue weighted by atomic mass is 10.3. The molecular weight excluding hydrogens is 405 g/mol. The molecule has 1 heterocycles. The zero-order chi connectivity index (χ0) is 15.3. The van der Waals surface area contributed by atoms with Gasteiger partial charge in [-0.15, -0.1) is 0 Å². The Morgan fingerprint density at radius 3 is 2.86 bits per heavy atom. The van der Waals surface area contributed by atoms with E-state index in [-0.39, 0.29) is 4.90 Å². The van der Waals surface area contributed by atoms with E-state index in [0.29, 0.717) is 18.7 Å². The maximum atomic E-state index is 12.2. The van der Waals surface area contributed by atoms with Crippen LogP contribution in [0.1, 0.15) is 6.42 Å². The van der Waals surface area contributed by atoms with E-state index in [1.165, 1.54) is 0 Å². The van der Waals surface area contributed by atoms with Gasteiger partial charge in [-0.1, -0.05) is 0 Å². The molecule has 0 unspecified atom stereocenters. The van der Waals surface area contributed by atoms with E-state index in [2.05, 4.69) is 32.3 Å². The molecule has 2 aromatic rings. The molecule has 1 N–H and O–H groups in total. The van der Waals surface area contributed by atoms with Crippen molar-refractivity contribution in [3.05, 3.63) is 40.5 Å². The monoisotopic (exact) mass is 421 g/mol. The van der Waals surface area contributed by atoms with Crippen molar-refractivity contribution >= 4 is 32.6 Å². The Kier molecular flexibility index (Phi) is 5.59. The number of halogens is 1. The number of aryl methyl sites for hydroxylation is 1. The van der Waals surface area contributed by atoms with E-state index in [0.717, 1.165) is 10.1 Å². The lowest BCUT2D eigenvalue weighted by Crippen LogP contribution is -2.25. The minimum Gasteiger partial charge on any atom is -0.496 e. The first kappa shape index (κ1) is 16.2. The van der Waals surface area contributed by atoms with E-state index in [1.54, 1.807) is 37.8 Å². The van der Waals surface area contributed by atoms with E-state index in [9.17, 15) is 8.42 Å². The van der Waals surface area contributed by atoms with E-state index < -0.39 is 10.0 Å². The zero-order valence-electron chi connectivity index (χ0n) is 11.5. The molecule has 0 saturated heterocycles. The van der Waals surface area contributed by atoms with Gasteiger partial charge in [0.15, 0.2) is 0 Å². The molecule has 8 heteroatoms. The lowest BCUT2D eigenvalue weighted by Gasteiger charge is -2.09. The van der Waals surface area contributed by atoms with E-state index >= 15 is 0 Å². The average molecular weight is 421 g/mol. The van der Waals surface area contributed by atoms with Gasteiger partial charge in [-0.25, -0.2) is 18.1 Å². The van der Waals surface area contributed by atoms with E-state index in [1.807, 2.05) is 10.8 Å². The first-order valence-electron chi connectivity index (χ1n) is 6.32. The maximum absolute atomic E-state index is 12.2. The third-order valence-corrected chi connectivity index (χ3v) is 5.18. The topological polar surface area (TPSA) is 73.2 Å². The number of ether oxygens (including phenoxy) is 1. The Morgan fingerprint density at radius 1 is 1.43 bits per heavy atom. The van der Waals surface area contributed by atoms with Crippen molar-refractivity contribution in [2.45, 2.75) is 17.9 Å². The number of nitrogens with zero attached hydrogens (tertiary/aromatic N) is 2. The van der Waals surface area contributed by atoms with Crippen molar-refractivity contribution in [2.75, 3.05) is 13.7 Å². The smallest absolute Gasteiger partial charge is 0.240 e. The first-order chi connectivity index (χ1) is 10.0. The second-order valence-electron chi connectivity index (χ2n) is 4.35. The van der Waals surface area contributed by atoms with Gasteiger partial charge in [-0.2, -0.15) is 0 Å². The first-order valence-corrected chi connectivity index (χ1v) is 8.88. The molecule has 1 aromatic carbocycles. The van der Waals surface area contributed by atoms with Gasteiger partial charge < -0.3 is 9.30 Å². The highest BCUT2D eigenvalue weighted by Gasteiger charge is 2.15. The minimum absolute atomic E-state index is 0.246. The molecule has 0 bridgehead atoms. The van der Waals surface area contributed by atoms with Crippen molar-refractivity contribution in [3.8, 4) is 5.75 Å². The SMILES string of the molecule is COc1ccc(S(=O)(=O)NCCCn2ccnc2)cc1I. The number of sulfonamides is 1. The van der Waals surface area contributed by atoms with Crippen LogP contribution in [-0.4, -0.2) is 31.6 Å². The molecule has 0 atom stereocenters. The molecule has 2 rings (SSSR count). The van der Waals surface area contributed by atoms with Gasteiger partial charge in [0.05, 0.1) is 21.9 Å². The minimum atomic E-state index is -3.48. The highest BCUT2D eigenvalue weighted by molar-refractivity contribution is 14.1. The zero-order valence-corrected chi connectivity index (χ0v) is 14.5. The number of aromatic nitrogens is 2. The second-order valence-corrected chi connectivity index (χ2v) is 7.28. The average Bonchev–Trinajstić information content (AvgIpc) is 2.97. The summed E-state index contributed by atoms with van der Waals surface area (Å²) >= 11 is 2.05. The van der Waals surface area contributed by atoms with Gasteiger partial charge in [0.25, 0.3) is 0 Å². The summed E-state index contributed by atoms with van der Waals surface area (Å²) in [6.45, 7) is 1.10. The predicted octanol–water partition coefficient (Wildman–Crippen LogP) is 1.86. The fourth-order valence-corrected chi connectivity index (χ4v) is 3.83. The molecule has 0 aliphatic rings. The number of hydrogen-bond donors (Lipinski definition) is 1. The van der Waals surface area contributed by atoms with Crippen LogP contribution < -0.4 is 9.46 Å². The van der Waals surface area contributed by atoms with Crippen LogP contribution in [0.15, 0.2) is 41.8 Å². The van der Waals surface area contributed by atoms with Crippen LogP contribution in [0.2, 0.25) is 0 Å². The van der Waals surface area contributed by atoms with Crippen LogP contribution in [0, 0.1) is 3.57 Å². The van der Waals surface area contributed by atoms with Crippen molar-refractivity contribution in [1.29, 1.82) is 0 Å². The fraction of sp³-hybridized carbons (Fsp3) is 0.308. The quantitative estimate of drug-likeness (QED) is 0.548. The molecule has 0 amide bonds. The maximum Gasteiger partial charge on any atom is 0.240 e. The molecular formula is C13H16IN3O3S. The largest absolute Gasteiger partial charge is 0.496 e. The van der Waals surface area contributed by atoms with Crippen LogP contribution >= 0.6 is 22.6 Å². The summed E-state index contributed by atoms with van der Waals surface area (Å²) in [5.74, 6) is 0.662. The van der Waals surface area contributed by atoms with Crippen molar-refractivity contribution in [2.24, 2.45) is 0 Å². The van der Waals surface area contributed by atoms with Crippen LogP contribution in [0.3, 0.4) is 0 Å². The standard InChI is InChI=1S/C13H16IN3O3S/c1-20-13-4-3-11(9-12(13)14)21(18,19)16-5-2-7-17-8-6-15-10-17/h3-4,6,8-10,16H,2,5,7H2,1H3. The van der Waals surface area contributed by atoms with Gasteiger partial charge in [-0.3, -0.25) is 0 Å². The van der Waals surface area contributed by atoms with Gasteiger partial charge in [0.2, 0.25) is 10.0 Å². The molecule has 0 saturated carbocycles. The molecule has 21 heavy (non-hydrogen) atoms. The third-order valence-electron chi connectivity index (χ3n) is 2.88. The summed E-state index contributed by atoms with van der Waals surface area (Å²) in [6, 6.07) is 4.79. The highest BCUT2D eigenvalue weighted by Crippen LogP contribution is 2.23. The summed E-state index contributed by atoms with van der Waals surface area (Å²) in [7, 11) is -1.93. The molecule has 114 valence electrons. The van der Waals surface area contributed by atoms with Crippen molar-refractivity contribution < 1.29 is 13.2 Å². The number of imidazole rings is 1. The summed E-state index contributed by atoms with van der Waals surface area (Å²) in [5.41, 5.74) is 0. The molecule has 1 aromatic heterocycles. The van der Waals surface area contributed by atoms with Crippen LogP contribution in [0.4, 0.5) is 0 Å².